The lowest BCUT2D eigenvalue weighted by atomic mass is 10.0. The van der Waals surface area contributed by atoms with Gasteiger partial charge in [-0.25, -0.2) is 0 Å². The molecule has 0 unspecified atom stereocenters. The van der Waals surface area contributed by atoms with Crippen molar-refractivity contribution in [2.75, 3.05) is 26.8 Å². The first kappa shape index (κ1) is 24.1. The Balaban J connectivity index is 1.37. The molecule has 7 heteroatoms. The molecule has 0 aliphatic carbocycles. The van der Waals surface area contributed by atoms with Crippen molar-refractivity contribution in [3.8, 4) is 11.5 Å². The summed E-state index contributed by atoms with van der Waals surface area (Å²) in [5.41, 5.74) is 2.99. The van der Waals surface area contributed by atoms with Crippen LogP contribution in [0.25, 0.3) is 0 Å². The van der Waals surface area contributed by atoms with Crippen LogP contribution >= 0.6 is 11.6 Å². The Kier molecular flexibility index (Phi) is 8.41. The minimum Gasteiger partial charge on any atom is -0.497 e. The van der Waals surface area contributed by atoms with Crippen molar-refractivity contribution >= 4 is 17.3 Å². The van der Waals surface area contributed by atoms with Crippen LogP contribution in [0.5, 0.6) is 11.5 Å². The molecule has 1 aliphatic rings. The van der Waals surface area contributed by atoms with Crippen LogP contribution in [0.4, 0.5) is 0 Å². The summed E-state index contributed by atoms with van der Waals surface area (Å²) in [6.45, 7) is 1.87. The highest BCUT2D eigenvalue weighted by molar-refractivity contribution is 6.30. The minimum atomic E-state index is -0.664. The number of hydrogen-bond donors (Lipinski definition) is 1. The zero-order chi connectivity index (χ0) is 23.8. The molecule has 6 nitrogen and oxygen atoms in total. The maximum atomic E-state index is 10.7. The van der Waals surface area contributed by atoms with E-state index in [-0.39, 0.29) is 12.7 Å². The average molecular weight is 481 g/mol. The molecule has 0 radical (unpaired) electrons. The van der Waals surface area contributed by atoms with Crippen molar-refractivity contribution in [2.24, 2.45) is 5.16 Å². The van der Waals surface area contributed by atoms with Gasteiger partial charge in [0.15, 0.2) is 0 Å². The lowest BCUT2D eigenvalue weighted by Crippen LogP contribution is -2.39. The molecule has 0 bridgehead atoms. The quantitative estimate of drug-likeness (QED) is 0.427. The van der Waals surface area contributed by atoms with E-state index in [1.165, 1.54) is 0 Å². The molecule has 1 heterocycles. The van der Waals surface area contributed by atoms with E-state index in [0.717, 1.165) is 28.3 Å². The maximum Gasteiger partial charge on any atom is 0.145 e. The summed E-state index contributed by atoms with van der Waals surface area (Å²) in [7, 11) is 1.65. The second kappa shape index (κ2) is 11.9. The predicted octanol–water partition coefficient (Wildman–Crippen LogP) is 4.78. The zero-order valence-corrected chi connectivity index (χ0v) is 19.9. The highest BCUT2D eigenvalue weighted by atomic mass is 35.5. The van der Waals surface area contributed by atoms with Gasteiger partial charge in [-0.1, -0.05) is 47.1 Å². The summed E-state index contributed by atoms with van der Waals surface area (Å²) in [5, 5.41) is 15.7. The standard InChI is InChI=1S/C27H29ClN2O4/c1-32-24-12-10-21(11-13-24)27-15-26(34-29-27)18-30(16-20-6-5-7-22(28)14-20)17-23(31)19-33-25-8-3-2-4-9-25/h2-14,23,26,31H,15-19H2,1H3/t23-,26-/m1/s1. The molecule has 0 fully saturated rings. The molecule has 34 heavy (non-hydrogen) atoms. The van der Waals surface area contributed by atoms with Crippen LogP contribution in [-0.4, -0.2) is 54.7 Å². The van der Waals surface area contributed by atoms with E-state index in [2.05, 4.69) is 10.1 Å². The van der Waals surface area contributed by atoms with Gasteiger partial charge in [0.05, 0.1) is 12.8 Å². The fraction of sp³-hybridized carbons (Fsp3) is 0.296. The number of halogens is 1. The van der Waals surface area contributed by atoms with Crippen molar-refractivity contribution in [3.05, 3.63) is 95.0 Å². The summed E-state index contributed by atoms with van der Waals surface area (Å²) < 4.78 is 11.0. The molecule has 0 spiro atoms. The van der Waals surface area contributed by atoms with Crippen molar-refractivity contribution in [1.29, 1.82) is 0 Å². The van der Waals surface area contributed by atoms with Crippen LogP contribution < -0.4 is 9.47 Å². The fourth-order valence-corrected chi connectivity index (χ4v) is 4.14. The van der Waals surface area contributed by atoms with Crippen LogP contribution in [0.15, 0.2) is 84.0 Å². The van der Waals surface area contributed by atoms with Crippen molar-refractivity contribution in [2.45, 2.75) is 25.2 Å². The van der Waals surface area contributed by atoms with Gasteiger partial charge in [0.25, 0.3) is 0 Å². The summed E-state index contributed by atoms with van der Waals surface area (Å²) in [6, 6.07) is 25.1. The van der Waals surface area contributed by atoms with E-state index in [9.17, 15) is 5.11 Å². The molecule has 178 valence electrons. The molecule has 0 saturated heterocycles. The van der Waals surface area contributed by atoms with Gasteiger partial charge in [-0.05, 0) is 59.7 Å². The van der Waals surface area contributed by atoms with Gasteiger partial charge in [-0.3, -0.25) is 4.90 Å². The third-order valence-corrected chi connectivity index (χ3v) is 5.80. The van der Waals surface area contributed by atoms with Gasteiger partial charge in [0.1, 0.15) is 30.3 Å². The van der Waals surface area contributed by atoms with Crippen LogP contribution in [0, 0.1) is 0 Å². The van der Waals surface area contributed by atoms with Gasteiger partial charge in [0, 0.05) is 31.1 Å². The number of methoxy groups -OCH3 is 1. The lowest BCUT2D eigenvalue weighted by Gasteiger charge is -2.27. The maximum absolute atomic E-state index is 10.7. The number of aliphatic hydroxyl groups is 1. The van der Waals surface area contributed by atoms with Crippen LogP contribution in [-0.2, 0) is 11.4 Å². The van der Waals surface area contributed by atoms with Crippen LogP contribution in [0.3, 0.4) is 0 Å². The summed E-state index contributed by atoms with van der Waals surface area (Å²) in [6.07, 6.45) is -0.0871. The lowest BCUT2D eigenvalue weighted by molar-refractivity contribution is 0.0213. The van der Waals surface area contributed by atoms with Gasteiger partial charge in [0.2, 0.25) is 0 Å². The highest BCUT2D eigenvalue weighted by Gasteiger charge is 2.26. The number of aliphatic hydroxyl groups excluding tert-OH is 1. The SMILES string of the molecule is COc1ccc(C2=NO[C@@H](CN(Cc3cccc(Cl)c3)C[C@@H](O)COc3ccccc3)C2)cc1. The molecule has 1 aliphatic heterocycles. The second-order valence-corrected chi connectivity index (χ2v) is 8.74. The fourth-order valence-electron chi connectivity index (χ4n) is 3.93. The van der Waals surface area contributed by atoms with Gasteiger partial charge < -0.3 is 19.4 Å². The highest BCUT2D eigenvalue weighted by Crippen LogP contribution is 2.21. The summed E-state index contributed by atoms with van der Waals surface area (Å²) >= 11 is 6.19. The third-order valence-electron chi connectivity index (χ3n) is 5.57. The van der Waals surface area contributed by atoms with Crippen molar-refractivity contribution < 1.29 is 19.4 Å². The Morgan fingerprint density at radius 1 is 1.06 bits per heavy atom. The van der Waals surface area contributed by atoms with E-state index >= 15 is 0 Å². The number of para-hydroxylation sites is 1. The molecule has 4 rings (SSSR count). The molecule has 0 amide bonds. The Hall–Kier alpha value is -3.06. The monoisotopic (exact) mass is 480 g/mol. The van der Waals surface area contributed by atoms with Gasteiger partial charge in [-0.15, -0.1) is 0 Å². The number of oxime groups is 1. The van der Waals surface area contributed by atoms with E-state index in [1.54, 1.807) is 7.11 Å². The third kappa shape index (κ3) is 6.97. The largest absolute Gasteiger partial charge is 0.497 e. The molecule has 3 aromatic rings. The zero-order valence-electron chi connectivity index (χ0n) is 19.1. The number of hydrogen-bond acceptors (Lipinski definition) is 6. The van der Waals surface area contributed by atoms with Crippen molar-refractivity contribution in [3.63, 3.8) is 0 Å². The first-order valence-electron chi connectivity index (χ1n) is 11.3. The number of nitrogens with zero attached hydrogens (tertiary/aromatic N) is 2. The molecule has 0 saturated carbocycles. The summed E-state index contributed by atoms with van der Waals surface area (Å²) in [5.74, 6) is 1.54. The number of benzene rings is 3. The Bertz CT molecular complexity index is 1080. The van der Waals surface area contributed by atoms with Crippen LogP contribution in [0.2, 0.25) is 5.02 Å². The van der Waals surface area contributed by atoms with Gasteiger partial charge >= 0.3 is 0 Å². The number of rotatable bonds is 11. The topological polar surface area (TPSA) is 63.5 Å². The Morgan fingerprint density at radius 3 is 2.59 bits per heavy atom. The Labute approximate surface area is 205 Å². The second-order valence-electron chi connectivity index (χ2n) is 8.30. The van der Waals surface area contributed by atoms with E-state index in [1.807, 2.05) is 78.9 Å². The molecule has 1 N–H and O–H groups in total. The number of ether oxygens (including phenoxy) is 2. The smallest absolute Gasteiger partial charge is 0.145 e. The van der Waals surface area contributed by atoms with E-state index < -0.39 is 6.10 Å². The van der Waals surface area contributed by atoms with E-state index in [4.69, 9.17) is 25.9 Å². The summed E-state index contributed by atoms with van der Waals surface area (Å²) in [4.78, 5) is 7.91. The van der Waals surface area contributed by atoms with E-state index in [0.29, 0.717) is 31.1 Å². The molecule has 0 aromatic heterocycles. The molecular formula is C27H29ClN2O4. The first-order valence-corrected chi connectivity index (χ1v) is 11.7. The average Bonchev–Trinajstić information content (AvgIpc) is 3.32. The van der Waals surface area contributed by atoms with Gasteiger partial charge in [-0.2, -0.15) is 0 Å². The first-order chi connectivity index (χ1) is 16.6. The molecule has 3 aromatic carbocycles. The minimum absolute atomic E-state index is 0.112. The van der Waals surface area contributed by atoms with Crippen molar-refractivity contribution in [1.82, 2.24) is 4.90 Å². The normalized spacial score (nSPS) is 16.1. The van der Waals surface area contributed by atoms with Crippen LogP contribution in [0.1, 0.15) is 17.5 Å². The Morgan fingerprint density at radius 2 is 1.85 bits per heavy atom. The predicted molar refractivity (Wildman–Crippen MR) is 134 cm³/mol. The molecule has 2 atom stereocenters. The molecular weight excluding hydrogens is 452 g/mol.